The van der Waals surface area contributed by atoms with E-state index in [1.165, 1.54) is 0 Å². The lowest BCUT2D eigenvalue weighted by molar-refractivity contribution is 0.483. The van der Waals surface area contributed by atoms with Crippen molar-refractivity contribution in [2.24, 2.45) is 5.92 Å². The SMILES string of the molecule is CC(C)Cn1cc(Cc2cc(C#N)ccc2Cl)cn1. The van der Waals surface area contributed by atoms with Gasteiger partial charge in [0.25, 0.3) is 0 Å². The van der Waals surface area contributed by atoms with Gasteiger partial charge in [0.05, 0.1) is 17.8 Å². The van der Waals surface area contributed by atoms with Gasteiger partial charge in [0.15, 0.2) is 0 Å². The van der Waals surface area contributed by atoms with Crippen LogP contribution in [0, 0.1) is 17.2 Å². The minimum atomic E-state index is 0.568. The molecule has 0 unspecified atom stereocenters. The highest BCUT2D eigenvalue weighted by Gasteiger charge is 2.06. The van der Waals surface area contributed by atoms with Crippen molar-refractivity contribution in [1.82, 2.24) is 9.78 Å². The maximum absolute atomic E-state index is 8.91. The van der Waals surface area contributed by atoms with Crippen LogP contribution in [0.4, 0.5) is 0 Å². The molecule has 98 valence electrons. The number of halogens is 1. The monoisotopic (exact) mass is 273 g/mol. The van der Waals surface area contributed by atoms with Crippen molar-refractivity contribution in [2.45, 2.75) is 26.8 Å². The first kappa shape index (κ1) is 13.6. The number of hydrogen-bond acceptors (Lipinski definition) is 2. The summed E-state index contributed by atoms with van der Waals surface area (Å²) in [4.78, 5) is 0. The van der Waals surface area contributed by atoms with Gasteiger partial charge in [-0.3, -0.25) is 4.68 Å². The van der Waals surface area contributed by atoms with Crippen molar-refractivity contribution in [2.75, 3.05) is 0 Å². The lowest BCUT2D eigenvalue weighted by atomic mass is 10.1. The van der Waals surface area contributed by atoms with Gasteiger partial charge in [-0.25, -0.2) is 0 Å². The van der Waals surface area contributed by atoms with Crippen LogP contribution in [0.5, 0.6) is 0 Å². The first-order valence-electron chi connectivity index (χ1n) is 6.28. The summed E-state index contributed by atoms with van der Waals surface area (Å²) in [5.41, 5.74) is 2.71. The first-order chi connectivity index (χ1) is 9.08. The molecule has 0 aliphatic carbocycles. The quantitative estimate of drug-likeness (QED) is 0.853. The van der Waals surface area contributed by atoms with Crippen LogP contribution in [-0.4, -0.2) is 9.78 Å². The van der Waals surface area contributed by atoms with Gasteiger partial charge < -0.3 is 0 Å². The van der Waals surface area contributed by atoms with Crippen LogP contribution >= 0.6 is 11.6 Å². The number of nitriles is 1. The Bertz CT molecular complexity index is 608. The summed E-state index contributed by atoms with van der Waals surface area (Å²) >= 11 is 6.16. The molecule has 2 aromatic rings. The van der Waals surface area contributed by atoms with Gasteiger partial charge in [-0.15, -0.1) is 0 Å². The zero-order chi connectivity index (χ0) is 13.8. The maximum Gasteiger partial charge on any atom is 0.0991 e. The maximum atomic E-state index is 8.91. The summed E-state index contributed by atoms with van der Waals surface area (Å²) in [5, 5.41) is 13.9. The molecule has 0 spiro atoms. The Morgan fingerprint density at radius 2 is 2.21 bits per heavy atom. The second-order valence-electron chi connectivity index (χ2n) is 5.06. The molecule has 0 N–H and O–H groups in total. The molecule has 1 aromatic heterocycles. The van der Waals surface area contributed by atoms with E-state index in [4.69, 9.17) is 16.9 Å². The molecule has 0 saturated heterocycles. The Hall–Kier alpha value is -1.79. The van der Waals surface area contributed by atoms with Crippen molar-refractivity contribution >= 4 is 11.6 Å². The molecule has 0 fully saturated rings. The molecule has 0 atom stereocenters. The van der Waals surface area contributed by atoms with Crippen LogP contribution in [-0.2, 0) is 13.0 Å². The fourth-order valence-corrected chi connectivity index (χ4v) is 2.16. The Morgan fingerprint density at radius 1 is 1.42 bits per heavy atom. The second-order valence-corrected chi connectivity index (χ2v) is 5.47. The predicted molar refractivity (Wildman–Crippen MR) is 76.0 cm³/mol. The van der Waals surface area contributed by atoms with Crippen LogP contribution in [0.25, 0.3) is 0 Å². The van der Waals surface area contributed by atoms with Crippen molar-refractivity contribution in [3.05, 3.63) is 52.3 Å². The Kier molecular flexibility index (Phi) is 4.24. The molecule has 0 radical (unpaired) electrons. The molecule has 0 aliphatic heterocycles. The van der Waals surface area contributed by atoms with Crippen LogP contribution in [0.3, 0.4) is 0 Å². The summed E-state index contributed by atoms with van der Waals surface area (Å²) < 4.78 is 1.95. The minimum absolute atomic E-state index is 0.568. The number of aromatic nitrogens is 2. The smallest absolute Gasteiger partial charge is 0.0991 e. The van der Waals surface area contributed by atoms with E-state index in [9.17, 15) is 0 Å². The summed E-state index contributed by atoms with van der Waals surface area (Å²) in [6.45, 7) is 5.23. The van der Waals surface area contributed by atoms with Crippen molar-refractivity contribution in [3.63, 3.8) is 0 Å². The van der Waals surface area contributed by atoms with Crippen molar-refractivity contribution in [3.8, 4) is 6.07 Å². The molecule has 1 aromatic carbocycles. The Balaban J connectivity index is 2.17. The van der Waals surface area contributed by atoms with E-state index in [0.29, 0.717) is 22.9 Å². The fourth-order valence-electron chi connectivity index (χ4n) is 1.97. The molecule has 1 heterocycles. The zero-order valence-corrected chi connectivity index (χ0v) is 11.9. The predicted octanol–water partition coefficient (Wildman–Crippen LogP) is 3.65. The number of hydrogen-bond donors (Lipinski definition) is 0. The van der Waals surface area contributed by atoms with E-state index in [1.807, 2.05) is 23.1 Å². The molecular weight excluding hydrogens is 258 g/mol. The molecule has 0 aliphatic rings. The lowest BCUT2D eigenvalue weighted by Gasteiger charge is -2.04. The molecule has 2 rings (SSSR count). The first-order valence-corrected chi connectivity index (χ1v) is 6.66. The summed E-state index contributed by atoms with van der Waals surface area (Å²) in [5.74, 6) is 0.568. The van der Waals surface area contributed by atoms with E-state index in [1.54, 1.807) is 12.1 Å². The second kappa shape index (κ2) is 5.90. The molecule has 3 nitrogen and oxygen atoms in total. The van der Waals surface area contributed by atoms with E-state index >= 15 is 0 Å². The molecule has 0 bridgehead atoms. The summed E-state index contributed by atoms with van der Waals surface area (Å²) in [7, 11) is 0. The average Bonchev–Trinajstić information content (AvgIpc) is 2.78. The largest absolute Gasteiger partial charge is 0.272 e. The van der Waals surface area contributed by atoms with E-state index < -0.39 is 0 Å². The van der Waals surface area contributed by atoms with Crippen LogP contribution < -0.4 is 0 Å². The molecule has 0 amide bonds. The van der Waals surface area contributed by atoms with Gasteiger partial charge in [-0.2, -0.15) is 10.4 Å². The molecule has 4 heteroatoms. The van der Waals surface area contributed by atoms with Gasteiger partial charge in [-0.1, -0.05) is 25.4 Å². The van der Waals surface area contributed by atoms with Gasteiger partial charge >= 0.3 is 0 Å². The third-order valence-corrected chi connectivity index (χ3v) is 3.18. The standard InChI is InChI=1S/C15H16ClN3/c1-11(2)9-19-10-13(8-18-19)6-14-5-12(7-17)3-4-15(14)16/h3-5,8,10-11H,6,9H2,1-2H3. The molecule has 19 heavy (non-hydrogen) atoms. The zero-order valence-electron chi connectivity index (χ0n) is 11.1. The Labute approximate surface area is 118 Å². The Morgan fingerprint density at radius 3 is 2.89 bits per heavy atom. The van der Waals surface area contributed by atoms with Gasteiger partial charge in [0.2, 0.25) is 0 Å². The van der Waals surface area contributed by atoms with E-state index in [0.717, 1.165) is 17.7 Å². The van der Waals surface area contributed by atoms with Crippen molar-refractivity contribution in [1.29, 1.82) is 5.26 Å². The van der Waals surface area contributed by atoms with E-state index in [2.05, 4.69) is 25.0 Å². The fraction of sp³-hybridized carbons (Fsp3) is 0.333. The summed E-state index contributed by atoms with van der Waals surface area (Å²) in [6, 6.07) is 7.47. The lowest BCUT2D eigenvalue weighted by Crippen LogP contribution is -2.04. The van der Waals surface area contributed by atoms with E-state index in [-0.39, 0.29) is 0 Å². The van der Waals surface area contributed by atoms with Crippen LogP contribution in [0.2, 0.25) is 5.02 Å². The highest BCUT2D eigenvalue weighted by atomic mass is 35.5. The number of benzene rings is 1. The highest BCUT2D eigenvalue weighted by molar-refractivity contribution is 6.31. The highest BCUT2D eigenvalue weighted by Crippen LogP contribution is 2.20. The van der Waals surface area contributed by atoms with Gasteiger partial charge in [-0.05, 0) is 35.2 Å². The van der Waals surface area contributed by atoms with Gasteiger partial charge in [0.1, 0.15) is 0 Å². The third-order valence-electron chi connectivity index (χ3n) is 2.81. The normalized spacial score (nSPS) is 10.7. The topological polar surface area (TPSA) is 41.6 Å². The summed E-state index contributed by atoms with van der Waals surface area (Å²) in [6.07, 6.45) is 4.60. The molecular formula is C15H16ClN3. The average molecular weight is 274 g/mol. The van der Waals surface area contributed by atoms with Crippen molar-refractivity contribution < 1.29 is 0 Å². The number of nitrogens with zero attached hydrogens (tertiary/aromatic N) is 3. The molecule has 0 saturated carbocycles. The van der Waals surface area contributed by atoms with Crippen LogP contribution in [0.15, 0.2) is 30.6 Å². The minimum Gasteiger partial charge on any atom is -0.272 e. The van der Waals surface area contributed by atoms with Crippen LogP contribution in [0.1, 0.15) is 30.5 Å². The van der Waals surface area contributed by atoms with Gasteiger partial charge in [0, 0.05) is 24.2 Å². The third kappa shape index (κ3) is 3.59. The number of rotatable bonds is 4.